The van der Waals surface area contributed by atoms with E-state index in [1.165, 1.54) is 0 Å². The Kier molecular flexibility index (Phi) is 4.91. The second-order valence-electron chi connectivity index (χ2n) is 5.16. The second-order valence-corrected chi connectivity index (χ2v) is 5.16. The molecule has 1 aromatic heterocycles. The third-order valence-electron chi connectivity index (χ3n) is 3.35. The molecule has 1 aliphatic rings. The van der Waals surface area contributed by atoms with Gasteiger partial charge in [0.1, 0.15) is 0 Å². The number of nitrogens with zero attached hydrogens (tertiary/aromatic N) is 5. The third kappa shape index (κ3) is 3.67. The van der Waals surface area contributed by atoms with Gasteiger partial charge in [0.25, 0.3) is 0 Å². The summed E-state index contributed by atoms with van der Waals surface area (Å²) in [5.74, 6) is 7.01. The molecule has 2 heterocycles. The van der Waals surface area contributed by atoms with Gasteiger partial charge in [0.15, 0.2) is 0 Å². The van der Waals surface area contributed by atoms with Gasteiger partial charge in [-0.3, -0.25) is 5.43 Å². The van der Waals surface area contributed by atoms with Gasteiger partial charge in [0.2, 0.25) is 17.8 Å². The molecule has 1 unspecified atom stereocenters. The minimum absolute atomic E-state index is 0.343. The van der Waals surface area contributed by atoms with Crippen LogP contribution in [0, 0.1) is 0 Å². The highest BCUT2D eigenvalue weighted by atomic mass is 16.3. The van der Waals surface area contributed by atoms with Crippen molar-refractivity contribution in [3.8, 4) is 0 Å². The summed E-state index contributed by atoms with van der Waals surface area (Å²) in [6, 6.07) is 0. The van der Waals surface area contributed by atoms with Crippen molar-refractivity contribution >= 4 is 17.8 Å². The van der Waals surface area contributed by atoms with Gasteiger partial charge in [-0.2, -0.15) is 15.0 Å². The standard InChI is InChI=1S/C12H23N7O/c1-9(20)5-8-18(2)11-14-10(17-13)15-12(16-11)19-6-3-4-7-19/h9,20H,3-8,13H2,1-2H3,(H,14,15,16,17). The maximum atomic E-state index is 9.36. The summed E-state index contributed by atoms with van der Waals surface area (Å²) in [6.07, 6.45) is 2.63. The van der Waals surface area contributed by atoms with Gasteiger partial charge >= 0.3 is 0 Å². The molecule has 2 rings (SSSR count). The second kappa shape index (κ2) is 6.67. The van der Waals surface area contributed by atoms with E-state index in [0.29, 0.717) is 30.8 Å². The van der Waals surface area contributed by atoms with Gasteiger partial charge in [0.05, 0.1) is 6.10 Å². The minimum atomic E-state index is -0.343. The summed E-state index contributed by atoms with van der Waals surface area (Å²) in [4.78, 5) is 17.1. The van der Waals surface area contributed by atoms with Crippen LogP contribution in [0.25, 0.3) is 0 Å². The van der Waals surface area contributed by atoms with Crippen LogP contribution in [0.2, 0.25) is 0 Å². The van der Waals surface area contributed by atoms with Crippen LogP contribution >= 0.6 is 0 Å². The van der Waals surface area contributed by atoms with Gasteiger partial charge in [-0.25, -0.2) is 5.84 Å². The number of aliphatic hydroxyl groups excluding tert-OH is 1. The van der Waals surface area contributed by atoms with Crippen LogP contribution in [0.15, 0.2) is 0 Å². The highest BCUT2D eigenvalue weighted by molar-refractivity contribution is 5.44. The quantitative estimate of drug-likeness (QED) is 0.493. The number of anilines is 3. The first-order valence-electron chi connectivity index (χ1n) is 6.97. The van der Waals surface area contributed by atoms with E-state index in [9.17, 15) is 5.11 Å². The van der Waals surface area contributed by atoms with Crippen molar-refractivity contribution < 1.29 is 5.11 Å². The van der Waals surface area contributed by atoms with Crippen molar-refractivity contribution in [3.05, 3.63) is 0 Å². The Labute approximate surface area is 119 Å². The maximum absolute atomic E-state index is 9.36. The molecule has 0 saturated carbocycles. The predicted octanol–water partition coefficient (Wildman–Crippen LogP) is -0.0355. The zero-order valence-corrected chi connectivity index (χ0v) is 12.1. The van der Waals surface area contributed by atoms with Gasteiger partial charge in [-0.1, -0.05) is 0 Å². The molecule has 1 fully saturated rings. The van der Waals surface area contributed by atoms with Crippen LogP contribution in [0.5, 0.6) is 0 Å². The highest BCUT2D eigenvalue weighted by Gasteiger charge is 2.18. The summed E-state index contributed by atoms with van der Waals surface area (Å²) in [7, 11) is 1.89. The lowest BCUT2D eigenvalue weighted by atomic mass is 10.3. The first kappa shape index (κ1) is 14.7. The van der Waals surface area contributed by atoms with Crippen molar-refractivity contribution in [3.63, 3.8) is 0 Å². The van der Waals surface area contributed by atoms with Crippen molar-refractivity contribution in [1.29, 1.82) is 0 Å². The van der Waals surface area contributed by atoms with E-state index >= 15 is 0 Å². The minimum Gasteiger partial charge on any atom is -0.393 e. The molecule has 0 radical (unpaired) electrons. The molecular weight excluding hydrogens is 258 g/mol. The average molecular weight is 281 g/mol. The van der Waals surface area contributed by atoms with Crippen LogP contribution in [0.1, 0.15) is 26.2 Å². The van der Waals surface area contributed by atoms with E-state index in [1.807, 2.05) is 11.9 Å². The molecule has 8 nitrogen and oxygen atoms in total. The number of nitrogens with one attached hydrogen (secondary N) is 1. The topological polar surface area (TPSA) is 103 Å². The zero-order chi connectivity index (χ0) is 14.5. The number of rotatable bonds is 6. The van der Waals surface area contributed by atoms with Crippen molar-refractivity contribution in [2.45, 2.75) is 32.3 Å². The number of hydrazine groups is 1. The van der Waals surface area contributed by atoms with Crippen LogP contribution in [0.4, 0.5) is 17.8 Å². The fourth-order valence-electron chi connectivity index (χ4n) is 2.13. The molecule has 1 atom stereocenters. The third-order valence-corrected chi connectivity index (χ3v) is 3.35. The molecule has 20 heavy (non-hydrogen) atoms. The number of hydrogen-bond acceptors (Lipinski definition) is 8. The van der Waals surface area contributed by atoms with Gasteiger partial charge in [-0.05, 0) is 26.2 Å². The molecule has 4 N–H and O–H groups in total. The lowest BCUT2D eigenvalue weighted by Crippen LogP contribution is -2.27. The fourth-order valence-corrected chi connectivity index (χ4v) is 2.13. The predicted molar refractivity (Wildman–Crippen MR) is 78.7 cm³/mol. The molecule has 0 spiro atoms. The number of nitrogens with two attached hydrogens (primary N) is 1. The first-order valence-corrected chi connectivity index (χ1v) is 6.97. The van der Waals surface area contributed by atoms with Gasteiger partial charge < -0.3 is 14.9 Å². The Morgan fingerprint density at radius 3 is 2.65 bits per heavy atom. The SMILES string of the molecule is CC(O)CCN(C)c1nc(NN)nc(N2CCCC2)n1. The molecule has 0 aromatic carbocycles. The summed E-state index contributed by atoms with van der Waals surface area (Å²) < 4.78 is 0. The molecule has 0 bridgehead atoms. The van der Waals surface area contributed by atoms with Gasteiger partial charge in [-0.15, -0.1) is 0 Å². The highest BCUT2D eigenvalue weighted by Crippen LogP contribution is 2.19. The van der Waals surface area contributed by atoms with Crippen LogP contribution in [-0.4, -0.2) is 52.8 Å². The number of aromatic nitrogens is 3. The smallest absolute Gasteiger partial charge is 0.243 e. The van der Waals surface area contributed by atoms with Crippen LogP contribution in [-0.2, 0) is 0 Å². The van der Waals surface area contributed by atoms with E-state index in [-0.39, 0.29) is 6.10 Å². The summed E-state index contributed by atoms with van der Waals surface area (Å²) in [5, 5.41) is 9.36. The Morgan fingerprint density at radius 1 is 1.35 bits per heavy atom. The van der Waals surface area contributed by atoms with E-state index in [2.05, 4.69) is 25.3 Å². The Bertz CT molecular complexity index is 434. The molecule has 1 saturated heterocycles. The van der Waals surface area contributed by atoms with E-state index in [1.54, 1.807) is 6.92 Å². The molecular formula is C12H23N7O. The number of nitrogen functional groups attached to an aromatic ring is 1. The Morgan fingerprint density at radius 2 is 2.05 bits per heavy atom. The molecule has 1 aromatic rings. The molecule has 0 amide bonds. The van der Waals surface area contributed by atoms with Crippen LogP contribution in [0.3, 0.4) is 0 Å². The zero-order valence-electron chi connectivity index (χ0n) is 12.1. The first-order chi connectivity index (χ1) is 9.60. The van der Waals surface area contributed by atoms with Crippen molar-refractivity contribution in [2.75, 3.05) is 41.9 Å². The number of hydrogen-bond donors (Lipinski definition) is 3. The molecule has 1 aliphatic heterocycles. The summed E-state index contributed by atoms with van der Waals surface area (Å²) >= 11 is 0. The monoisotopic (exact) mass is 281 g/mol. The lowest BCUT2D eigenvalue weighted by Gasteiger charge is -2.21. The Hall–Kier alpha value is -1.67. The largest absolute Gasteiger partial charge is 0.393 e. The van der Waals surface area contributed by atoms with Gasteiger partial charge in [0, 0.05) is 26.7 Å². The van der Waals surface area contributed by atoms with Crippen LogP contribution < -0.4 is 21.1 Å². The fraction of sp³-hybridized carbons (Fsp3) is 0.750. The number of aliphatic hydroxyl groups is 1. The maximum Gasteiger partial charge on any atom is 0.243 e. The Balaban J connectivity index is 2.16. The van der Waals surface area contributed by atoms with E-state index < -0.39 is 0 Å². The average Bonchev–Trinajstić information content (AvgIpc) is 2.98. The normalized spacial score (nSPS) is 16.3. The summed E-state index contributed by atoms with van der Waals surface area (Å²) in [6.45, 7) is 4.37. The van der Waals surface area contributed by atoms with Crippen molar-refractivity contribution in [2.24, 2.45) is 5.84 Å². The summed E-state index contributed by atoms with van der Waals surface area (Å²) in [5.41, 5.74) is 2.49. The van der Waals surface area contributed by atoms with E-state index in [0.717, 1.165) is 25.9 Å². The van der Waals surface area contributed by atoms with Crippen molar-refractivity contribution in [1.82, 2.24) is 15.0 Å². The molecule has 0 aliphatic carbocycles. The lowest BCUT2D eigenvalue weighted by molar-refractivity contribution is 0.186. The molecule has 8 heteroatoms. The van der Waals surface area contributed by atoms with E-state index in [4.69, 9.17) is 5.84 Å². The molecule has 112 valence electrons.